The van der Waals surface area contributed by atoms with E-state index >= 15 is 0 Å². The summed E-state index contributed by atoms with van der Waals surface area (Å²) in [7, 11) is 1.65. The summed E-state index contributed by atoms with van der Waals surface area (Å²) in [6.07, 6.45) is 10.9. The summed E-state index contributed by atoms with van der Waals surface area (Å²) in [4.78, 5) is 29.4. The van der Waals surface area contributed by atoms with Crippen molar-refractivity contribution in [2.75, 3.05) is 7.05 Å². The second-order valence-electron chi connectivity index (χ2n) is 6.71. The van der Waals surface area contributed by atoms with Crippen LogP contribution >= 0.6 is 11.3 Å². The molecule has 0 aromatic carbocycles. The number of amides is 1. The number of carbonyl (C=O) groups is 2. The summed E-state index contributed by atoms with van der Waals surface area (Å²) in [6.45, 7) is 5.76. The molecule has 1 rings (SSSR count). The first-order valence-electron chi connectivity index (χ1n) is 8.73. The Kier molecular flexibility index (Phi) is 8.49. The molecular formula is C20H26N2O4S. The predicted octanol–water partition coefficient (Wildman–Crippen LogP) is 2.66. The molecule has 146 valence electrons. The average Bonchev–Trinajstić information content (AvgIpc) is 3.13. The topological polar surface area (TPSA) is 90.7 Å². The molecule has 0 aliphatic carbocycles. The van der Waals surface area contributed by atoms with Crippen molar-refractivity contribution < 1.29 is 19.8 Å². The third-order valence-electron chi connectivity index (χ3n) is 4.61. The van der Waals surface area contributed by atoms with E-state index in [1.54, 1.807) is 11.9 Å². The monoisotopic (exact) mass is 390 g/mol. The van der Waals surface area contributed by atoms with Crippen molar-refractivity contribution in [1.82, 2.24) is 9.88 Å². The van der Waals surface area contributed by atoms with Crippen molar-refractivity contribution in [2.24, 2.45) is 17.8 Å². The van der Waals surface area contributed by atoms with Gasteiger partial charge in [0.15, 0.2) is 5.69 Å². The van der Waals surface area contributed by atoms with Gasteiger partial charge in [-0.1, -0.05) is 26.7 Å². The standard InChI is InChI=1S/C20H26N2O4S/c1-7-13(8-2)14(9-3)19(24)22(6)16(12(4)5)10-17(23)18-21-15(11-27-18)20(25)26/h1,3,11-14,16-17,23H,8,10H2,2,4-6H3,(H,25,26)/t13-,14-,16+,17+/m0/s1. The maximum atomic E-state index is 12.9. The molecule has 1 amide bonds. The Morgan fingerprint density at radius 3 is 2.37 bits per heavy atom. The number of carbonyl (C=O) groups excluding carboxylic acids is 1. The molecule has 0 unspecified atom stereocenters. The van der Waals surface area contributed by atoms with Gasteiger partial charge in [-0.05, 0) is 12.3 Å². The minimum atomic E-state index is -1.14. The number of nitrogens with zero attached hydrogens (tertiary/aromatic N) is 2. The molecule has 0 saturated carbocycles. The van der Waals surface area contributed by atoms with Crippen molar-refractivity contribution in [3.05, 3.63) is 16.1 Å². The highest BCUT2D eigenvalue weighted by Crippen LogP contribution is 2.28. The Morgan fingerprint density at radius 1 is 1.33 bits per heavy atom. The predicted molar refractivity (Wildman–Crippen MR) is 105 cm³/mol. The molecule has 6 nitrogen and oxygen atoms in total. The smallest absolute Gasteiger partial charge is 0.355 e. The fourth-order valence-electron chi connectivity index (χ4n) is 2.94. The molecule has 1 heterocycles. The number of rotatable bonds is 9. The molecule has 2 N–H and O–H groups in total. The Labute approximate surface area is 164 Å². The molecular weight excluding hydrogens is 364 g/mol. The third-order valence-corrected chi connectivity index (χ3v) is 5.55. The molecule has 0 aliphatic rings. The number of aromatic carboxylic acids is 1. The normalized spacial score (nSPS) is 15.3. The van der Waals surface area contributed by atoms with Gasteiger partial charge in [-0.2, -0.15) is 0 Å². The van der Waals surface area contributed by atoms with Crippen molar-refractivity contribution in [3.63, 3.8) is 0 Å². The lowest BCUT2D eigenvalue weighted by Crippen LogP contribution is -2.45. The van der Waals surface area contributed by atoms with Crippen molar-refractivity contribution >= 4 is 23.2 Å². The van der Waals surface area contributed by atoms with E-state index in [9.17, 15) is 14.7 Å². The molecule has 0 radical (unpaired) electrons. The van der Waals surface area contributed by atoms with Crippen LogP contribution in [0.4, 0.5) is 0 Å². The largest absolute Gasteiger partial charge is 0.476 e. The second kappa shape index (κ2) is 10.1. The summed E-state index contributed by atoms with van der Waals surface area (Å²) in [5.41, 5.74) is -0.105. The Hall–Kier alpha value is -2.35. The average molecular weight is 391 g/mol. The van der Waals surface area contributed by atoms with E-state index in [0.29, 0.717) is 11.4 Å². The highest BCUT2D eigenvalue weighted by Gasteiger charge is 2.33. The first kappa shape index (κ1) is 22.7. The summed E-state index contributed by atoms with van der Waals surface area (Å²) in [5.74, 6) is 2.67. The van der Waals surface area contributed by atoms with Crippen molar-refractivity contribution in [1.29, 1.82) is 0 Å². The van der Waals surface area contributed by atoms with Gasteiger partial charge in [0.05, 0.1) is 0 Å². The quantitative estimate of drug-likeness (QED) is 0.633. The van der Waals surface area contributed by atoms with Crippen LogP contribution in [0.25, 0.3) is 0 Å². The summed E-state index contributed by atoms with van der Waals surface area (Å²) in [5, 5.41) is 21.2. The highest BCUT2D eigenvalue weighted by molar-refractivity contribution is 7.09. The number of terminal acetylenes is 2. The van der Waals surface area contributed by atoms with Gasteiger partial charge in [0.2, 0.25) is 5.91 Å². The van der Waals surface area contributed by atoms with Gasteiger partial charge < -0.3 is 15.1 Å². The Balaban J connectivity index is 2.99. The zero-order valence-corrected chi connectivity index (χ0v) is 16.9. The van der Waals surface area contributed by atoms with E-state index in [0.717, 1.165) is 11.3 Å². The van der Waals surface area contributed by atoms with Gasteiger partial charge >= 0.3 is 5.97 Å². The van der Waals surface area contributed by atoms with Gasteiger partial charge in [0.1, 0.15) is 17.0 Å². The van der Waals surface area contributed by atoms with Crippen LogP contribution in [-0.4, -0.2) is 45.1 Å². The summed E-state index contributed by atoms with van der Waals surface area (Å²) >= 11 is 1.08. The van der Waals surface area contributed by atoms with Crippen LogP contribution in [0, 0.1) is 42.4 Å². The number of hydrogen-bond acceptors (Lipinski definition) is 5. The van der Waals surface area contributed by atoms with Gasteiger partial charge in [0, 0.05) is 30.8 Å². The van der Waals surface area contributed by atoms with Gasteiger partial charge in [0.25, 0.3) is 0 Å². The van der Waals surface area contributed by atoms with Crippen molar-refractivity contribution in [3.8, 4) is 24.7 Å². The Bertz CT molecular complexity index is 744. The van der Waals surface area contributed by atoms with E-state index < -0.39 is 18.0 Å². The minimum Gasteiger partial charge on any atom is -0.476 e. The molecule has 0 fully saturated rings. The van der Waals surface area contributed by atoms with Gasteiger partial charge in [-0.3, -0.25) is 4.79 Å². The van der Waals surface area contributed by atoms with Crippen LogP contribution < -0.4 is 0 Å². The fraction of sp³-hybridized carbons (Fsp3) is 0.550. The molecule has 0 bridgehead atoms. The van der Waals surface area contributed by atoms with Crippen LogP contribution in [0.15, 0.2) is 5.38 Å². The first-order valence-corrected chi connectivity index (χ1v) is 9.61. The number of aliphatic hydroxyl groups is 1. The molecule has 7 heteroatoms. The SMILES string of the molecule is C#C[C@H](C(=O)N(C)[C@H](C[C@@H](O)c1nc(C(=O)O)cs1)C(C)C)[C@@H](C#C)CC. The number of aromatic nitrogens is 1. The molecule has 0 spiro atoms. The van der Waals surface area contributed by atoms with Crippen LogP contribution in [0.5, 0.6) is 0 Å². The molecule has 27 heavy (non-hydrogen) atoms. The maximum Gasteiger partial charge on any atom is 0.355 e. The number of carboxylic acid groups (broad SMARTS) is 1. The number of carboxylic acids is 1. The second-order valence-corrected chi connectivity index (χ2v) is 7.60. The van der Waals surface area contributed by atoms with Crippen LogP contribution in [0.1, 0.15) is 55.2 Å². The summed E-state index contributed by atoms with van der Waals surface area (Å²) in [6, 6.07) is -0.309. The van der Waals surface area contributed by atoms with Crippen LogP contribution in [0.3, 0.4) is 0 Å². The first-order chi connectivity index (χ1) is 12.7. The fourth-order valence-corrected chi connectivity index (χ4v) is 3.73. The van der Waals surface area contributed by atoms with Crippen LogP contribution in [-0.2, 0) is 4.79 Å². The summed E-state index contributed by atoms with van der Waals surface area (Å²) < 4.78 is 0. The van der Waals surface area contributed by atoms with Crippen molar-refractivity contribution in [2.45, 2.75) is 45.8 Å². The Morgan fingerprint density at radius 2 is 1.96 bits per heavy atom. The molecule has 0 saturated heterocycles. The third kappa shape index (κ3) is 5.56. The minimum absolute atomic E-state index is 0.0387. The zero-order valence-electron chi connectivity index (χ0n) is 16.0. The number of aliphatic hydroxyl groups excluding tert-OH is 1. The van der Waals surface area contributed by atoms with E-state index in [2.05, 4.69) is 16.8 Å². The zero-order chi connectivity index (χ0) is 20.7. The van der Waals surface area contributed by atoms with Crippen LogP contribution in [0.2, 0.25) is 0 Å². The van der Waals surface area contributed by atoms with E-state index in [-0.39, 0.29) is 35.9 Å². The lowest BCUT2D eigenvalue weighted by atomic mass is 9.88. The highest BCUT2D eigenvalue weighted by atomic mass is 32.1. The molecule has 4 atom stereocenters. The lowest BCUT2D eigenvalue weighted by molar-refractivity contribution is -0.137. The van der Waals surface area contributed by atoms with Gasteiger partial charge in [-0.15, -0.1) is 30.1 Å². The van der Waals surface area contributed by atoms with E-state index in [4.69, 9.17) is 18.0 Å². The molecule has 1 aromatic heterocycles. The molecule has 1 aromatic rings. The van der Waals surface area contributed by atoms with Gasteiger partial charge in [-0.25, -0.2) is 9.78 Å². The van der Waals surface area contributed by atoms with E-state index in [1.165, 1.54) is 5.38 Å². The molecule has 0 aliphatic heterocycles. The number of thiazole rings is 1. The van der Waals surface area contributed by atoms with E-state index in [1.807, 2.05) is 20.8 Å². The lowest BCUT2D eigenvalue weighted by Gasteiger charge is -2.34. The maximum absolute atomic E-state index is 12.9. The number of hydrogen-bond donors (Lipinski definition) is 2.